The Hall–Kier alpha value is -1.30. The van der Waals surface area contributed by atoms with Gasteiger partial charge in [0.1, 0.15) is 5.82 Å². The third-order valence-corrected chi connectivity index (χ3v) is 4.23. The van der Waals surface area contributed by atoms with Gasteiger partial charge in [-0.3, -0.25) is 0 Å². The molecule has 1 N–H and O–H groups in total. The molecule has 0 aromatic carbocycles. The minimum atomic E-state index is -0.303. The number of hydrogen-bond acceptors (Lipinski definition) is 4. The number of nitrogens with zero attached hydrogens (tertiary/aromatic N) is 3. The van der Waals surface area contributed by atoms with Crippen molar-refractivity contribution in [2.45, 2.75) is 12.8 Å². The van der Waals surface area contributed by atoms with Crippen LogP contribution in [0.15, 0.2) is 18.3 Å². The van der Waals surface area contributed by atoms with Crippen LogP contribution >= 0.6 is 11.8 Å². The first-order valence-corrected chi connectivity index (χ1v) is 7.30. The Kier molecular flexibility index (Phi) is 3.36. The van der Waals surface area contributed by atoms with E-state index in [9.17, 15) is 4.39 Å². The molecule has 2 aromatic rings. The predicted molar refractivity (Wildman–Crippen MR) is 71.5 cm³/mol. The van der Waals surface area contributed by atoms with Gasteiger partial charge in [-0.15, -0.1) is 5.10 Å². The maximum atomic E-state index is 13.0. The molecular formula is C12H15FN4S. The lowest BCUT2D eigenvalue weighted by atomic mass is 10.0. The van der Waals surface area contributed by atoms with E-state index in [1.54, 1.807) is 6.07 Å². The Balaban J connectivity index is 1.67. The molecule has 1 saturated heterocycles. The van der Waals surface area contributed by atoms with Crippen molar-refractivity contribution in [3.63, 3.8) is 0 Å². The second-order valence-electron chi connectivity index (χ2n) is 4.52. The Morgan fingerprint density at radius 3 is 3.06 bits per heavy atom. The minimum absolute atomic E-state index is 0.303. The van der Waals surface area contributed by atoms with Gasteiger partial charge >= 0.3 is 0 Å². The van der Waals surface area contributed by atoms with Crippen LogP contribution in [0.3, 0.4) is 0 Å². The molecule has 1 fully saturated rings. The molecule has 0 aliphatic carbocycles. The SMILES string of the molecule is Fc1ccc2nc(NCC3CCSCC3)nn2c1. The Morgan fingerprint density at radius 1 is 1.39 bits per heavy atom. The number of aromatic nitrogens is 3. The van der Waals surface area contributed by atoms with Crippen molar-refractivity contribution in [2.24, 2.45) is 5.92 Å². The van der Waals surface area contributed by atoms with Crippen molar-refractivity contribution < 1.29 is 4.39 Å². The van der Waals surface area contributed by atoms with Crippen LogP contribution in [0.1, 0.15) is 12.8 Å². The van der Waals surface area contributed by atoms with Crippen molar-refractivity contribution >= 4 is 23.4 Å². The molecule has 0 radical (unpaired) electrons. The van der Waals surface area contributed by atoms with Gasteiger partial charge in [0.15, 0.2) is 5.65 Å². The molecule has 4 nitrogen and oxygen atoms in total. The van der Waals surface area contributed by atoms with Crippen LogP contribution in [-0.2, 0) is 0 Å². The van der Waals surface area contributed by atoms with Crippen LogP contribution < -0.4 is 5.32 Å². The fraction of sp³-hybridized carbons (Fsp3) is 0.500. The number of anilines is 1. The monoisotopic (exact) mass is 266 g/mol. The standard InChI is InChI=1S/C12H15FN4S/c13-10-1-2-11-15-12(16-17(11)8-10)14-7-9-3-5-18-6-4-9/h1-2,8-9H,3-7H2,(H,14,16). The quantitative estimate of drug-likeness (QED) is 0.926. The summed E-state index contributed by atoms with van der Waals surface area (Å²) in [4.78, 5) is 4.31. The molecular weight excluding hydrogens is 251 g/mol. The number of pyridine rings is 1. The first-order chi connectivity index (χ1) is 8.81. The maximum absolute atomic E-state index is 13.0. The fourth-order valence-electron chi connectivity index (χ4n) is 2.12. The summed E-state index contributed by atoms with van der Waals surface area (Å²) in [6, 6.07) is 3.02. The molecule has 3 heterocycles. The summed E-state index contributed by atoms with van der Waals surface area (Å²) in [5, 5.41) is 7.46. The molecule has 0 bridgehead atoms. The van der Waals surface area contributed by atoms with Crippen molar-refractivity contribution in [3.8, 4) is 0 Å². The number of rotatable bonds is 3. The predicted octanol–water partition coefficient (Wildman–Crippen LogP) is 2.42. The second-order valence-corrected chi connectivity index (χ2v) is 5.75. The Morgan fingerprint density at radius 2 is 2.22 bits per heavy atom. The van der Waals surface area contributed by atoms with E-state index in [-0.39, 0.29) is 5.82 Å². The van der Waals surface area contributed by atoms with E-state index >= 15 is 0 Å². The van der Waals surface area contributed by atoms with E-state index < -0.39 is 0 Å². The zero-order chi connectivity index (χ0) is 12.4. The number of fused-ring (bicyclic) bond motifs is 1. The summed E-state index contributed by atoms with van der Waals surface area (Å²) in [5.41, 5.74) is 0.665. The summed E-state index contributed by atoms with van der Waals surface area (Å²) >= 11 is 2.02. The van der Waals surface area contributed by atoms with E-state index in [0.717, 1.165) is 6.54 Å². The van der Waals surface area contributed by atoms with E-state index in [0.29, 0.717) is 17.5 Å². The highest BCUT2D eigenvalue weighted by atomic mass is 32.2. The van der Waals surface area contributed by atoms with Gasteiger partial charge in [0.25, 0.3) is 0 Å². The van der Waals surface area contributed by atoms with Crippen LogP contribution in [0.25, 0.3) is 5.65 Å². The van der Waals surface area contributed by atoms with Crippen molar-refractivity contribution in [3.05, 3.63) is 24.1 Å². The van der Waals surface area contributed by atoms with Crippen molar-refractivity contribution in [2.75, 3.05) is 23.4 Å². The highest BCUT2D eigenvalue weighted by molar-refractivity contribution is 7.99. The lowest BCUT2D eigenvalue weighted by molar-refractivity contribution is 0.514. The summed E-state index contributed by atoms with van der Waals surface area (Å²) < 4.78 is 14.5. The highest BCUT2D eigenvalue weighted by Gasteiger charge is 2.14. The van der Waals surface area contributed by atoms with Gasteiger partial charge in [0, 0.05) is 6.54 Å². The van der Waals surface area contributed by atoms with Gasteiger partial charge < -0.3 is 5.32 Å². The van der Waals surface area contributed by atoms with Crippen molar-refractivity contribution in [1.82, 2.24) is 14.6 Å². The Bertz CT molecular complexity index is 536. The summed E-state index contributed by atoms with van der Waals surface area (Å²) in [6.45, 7) is 0.903. The summed E-state index contributed by atoms with van der Waals surface area (Å²) in [5.74, 6) is 3.48. The molecule has 0 saturated carbocycles. The average Bonchev–Trinajstić information content (AvgIpc) is 2.79. The van der Waals surface area contributed by atoms with Crippen LogP contribution in [0.4, 0.5) is 10.3 Å². The zero-order valence-electron chi connectivity index (χ0n) is 9.97. The number of hydrogen-bond donors (Lipinski definition) is 1. The number of thioether (sulfide) groups is 1. The van der Waals surface area contributed by atoms with E-state index in [1.807, 2.05) is 11.8 Å². The van der Waals surface area contributed by atoms with Gasteiger partial charge in [-0.1, -0.05) is 0 Å². The zero-order valence-corrected chi connectivity index (χ0v) is 10.8. The third-order valence-electron chi connectivity index (χ3n) is 3.18. The van der Waals surface area contributed by atoms with Crippen LogP contribution in [0.5, 0.6) is 0 Å². The third kappa shape index (κ3) is 2.58. The molecule has 0 spiro atoms. The van der Waals surface area contributed by atoms with Gasteiger partial charge in [0.05, 0.1) is 6.20 Å². The number of nitrogens with one attached hydrogen (secondary N) is 1. The topological polar surface area (TPSA) is 42.2 Å². The molecule has 18 heavy (non-hydrogen) atoms. The largest absolute Gasteiger partial charge is 0.353 e. The second kappa shape index (κ2) is 5.14. The lowest BCUT2D eigenvalue weighted by Crippen LogP contribution is -2.19. The molecule has 96 valence electrons. The minimum Gasteiger partial charge on any atom is -0.353 e. The summed E-state index contributed by atoms with van der Waals surface area (Å²) in [6.07, 6.45) is 3.84. The van der Waals surface area contributed by atoms with E-state index in [1.165, 1.54) is 41.1 Å². The molecule has 1 aliphatic rings. The van der Waals surface area contributed by atoms with Crippen LogP contribution in [0.2, 0.25) is 0 Å². The molecule has 0 unspecified atom stereocenters. The number of halogens is 1. The van der Waals surface area contributed by atoms with Crippen LogP contribution in [0, 0.1) is 11.7 Å². The fourth-order valence-corrected chi connectivity index (χ4v) is 3.32. The van der Waals surface area contributed by atoms with E-state index in [4.69, 9.17) is 0 Å². The van der Waals surface area contributed by atoms with Gasteiger partial charge in [0.2, 0.25) is 5.95 Å². The smallest absolute Gasteiger partial charge is 0.243 e. The molecule has 3 rings (SSSR count). The van der Waals surface area contributed by atoms with E-state index in [2.05, 4.69) is 15.4 Å². The molecule has 6 heteroatoms. The normalized spacial score (nSPS) is 17.2. The average molecular weight is 266 g/mol. The van der Waals surface area contributed by atoms with Crippen molar-refractivity contribution in [1.29, 1.82) is 0 Å². The highest BCUT2D eigenvalue weighted by Crippen LogP contribution is 2.22. The van der Waals surface area contributed by atoms with Gasteiger partial charge in [-0.05, 0) is 42.4 Å². The first kappa shape index (κ1) is 11.8. The molecule has 1 aliphatic heterocycles. The molecule has 0 atom stereocenters. The molecule has 0 amide bonds. The summed E-state index contributed by atoms with van der Waals surface area (Å²) in [7, 11) is 0. The lowest BCUT2D eigenvalue weighted by Gasteiger charge is -2.20. The Labute approximate surface area is 109 Å². The van der Waals surface area contributed by atoms with Gasteiger partial charge in [-0.25, -0.2) is 8.91 Å². The van der Waals surface area contributed by atoms with Gasteiger partial charge in [-0.2, -0.15) is 16.7 Å². The maximum Gasteiger partial charge on any atom is 0.243 e. The van der Waals surface area contributed by atoms with Crippen LogP contribution in [-0.4, -0.2) is 32.6 Å². The first-order valence-electron chi connectivity index (χ1n) is 6.15. The molecule has 2 aromatic heterocycles.